The zero-order valence-corrected chi connectivity index (χ0v) is 13.1. The Morgan fingerprint density at radius 2 is 2.10 bits per heavy atom. The molecule has 0 radical (unpaired) electrons. The molecule has 0 aromatic rings. The largest absolute Gasteiger partial charge is 0.480 e. The molecule has 8 nitrogen and oxygen atoms in total. The Bertz CT molecular complexity index is 418. The van der Waals surface area contributed by atoms with E-state index in [0.717, 1.165) is 0 Å². The van der Waals surface area contributed by atoms with Crippen LogP contribution in [0.25, 0.3) is 0 Å². The molecule has 0 aromatic carbocycles. The molecular formula is C12H21N3O5S. The maximum absolute atomic E-state index is 12.3. The summed E-state index contributed by atoms with van der Waals surface area (Å²) >= 11 is 0.671. The van der Waals surface area contributed by atoms with E-state index >= 15 is 0 Å². The number of nitrogens with zero attached hydrogens (tertiary/aromatic N) is 2. The highest BCUT2D eigenvalue weighted by Crippen LogP contribution is 2.28. The van der Waals surface area contributed by atoms with Crippen molar-refractivity contribution in [1.82, 2.24) is 10.2 Å². The highest BCUT2D eigenvalue weighted by Gasteiger charge is 2.38. The van der Waals surface area contributed by atoms with Gasteiger partial charge in [0.2, 0.25) is 5.91 Å². The summed E-state index contributed by atoms with van der Waals surface area (Å²) in [7, 11) is 0. The third-order valence-electron chi connectivity index (χ3n) is 3.53. The van der Waals surface area contributed by atoms with Gasteiger partial charge in [0.05, 0.1) is 10.8 Å². The highest BCUT2D eigenvalue weighted by molar-refractivity contribution is 7.99. The summed E-state index contributed by atoms with van der Waals surface area (Å²) < 4.78 is 1.79. The minimum absolute atomic E-state index is 0.376. The van der Waals surface area contributed by atoms with E-state index in [0.29, 0.717) is 31.3 Å². The van der Waals surface area contributed by atoms with Gasteiger partial charge in [-0.2, -0.15) is 0 Å². The molecule has 3 atom stereocenters. The van der Waals surface area contributed by atoms with E-state index in [1.807, 2.05) is 0 Å². The van der Waals surface area contributed by atoms with Crippen molar-refractivity contribution in [3.63, 3.8) is 0 Å². The van der Waals surface area contributed by atoms with Gasteiger partial charge in [0.25, 0.3) is 0 Å². The normalized spacial score (nSPS) is 21.9. The molecule has 0 aromatic heterocycles. The number of nitroso groups, excluding NO2 is 1. The van der Waals surface area contributed by atoms with Crippen LogP contribution in [0.2, 0.25) is 0 Å². The predicted octanol–water partition coefficient (Wildman–Crippen LogP) is 0.552. The fourth-order valence-corrected chi connectivity index (χ4v) is 2.55. The van der Waals surface area contributed by atoms with Gasteiger partial charge >= 0.3 is 5.97 Å². The molecule has 0 bridgehead atoms. The van der Waals surface area contributed by atoms with Gasteiger partial charge in [0, 0.05) is 23.1 Å². The number of likely N-dealkylation sites (tertiary alicyclic amines) is 1. The molecule has 120 valence electrons. The summed E-state index contributed by atoms with van der Waals surface area (Å²) in [6.07, 6.45) is -0.0498. The number of carbonyl (C=O) groups is 2. The van der Waals surface area contributed by atoms with E-state index in [2.05, 4.69) is 9.90 Å². The number of amides is 1. The van der Waals surface area contributed by atoms with Crippen LogP contribution in [0.15, 0.2) is 4.58 Å². The summed E-state index contributed by atoms with van der Waals surface area (Å²) in [4.78, 5) is 35.0. The summed E-state index contributed by atoms with van der Waals surface area (Å²) in [6.45, 7) is 5.18. The summed E-state index contributed by atoms with van der Waals surface area (Å²) in [5.74, 6) is -1.39. The first-order chi connectivity index (χ1) is 9.70. The number of aliphatic hydroxyl groups is 1. The third kappa shape index (κ3) is 4.39. The SMILES string of the molecule is C[C@H](NC(O)C(C)(C)SN=O)C(=O)N1CCC[C@H]1C(=O)O. The van der Waals surface area contributed by atoms with E-state index in [1.54, 1.807) is 20.8 Å². The molecule has 1 saturated heterocycles. The standard InChI is InChI=1S/C12H21N3O5S/c1-7(13-11(19)12(2,3)21-14-20)9(16)15-6-4-5-8(15)10(17)18/h7-8,11,13,19H,4-6H2,1-3H3,(H,17,18)/t7-,8-,11?/m0/s1. The molecule has 1 aliphatic rings. The molecule has 1 heterocycles. The Balaban J connectivity index is 2.66. The monoisotopic (exact) mass is 319 g/mol. The second kappa shape index (κ2) is 7.19. The van der Waals surface area contributed by atoms with Crippen LogP contribution in [0.1, 0.15) is 33.6 Å². The quantitative estimate of drug-likeness (QED) is 0.356. The minimum atomic E-state index is -1.13. The van der Waals surface area contributed by atoms with Crippen LogP contribution in [0.4, 0.5) is 0 Å². The zero-order chi connectivity index (χ0) is 16.2. The first kappa shape index (κ1) is 17.9. The first-order valence-corrected chi connectivity index (χ1v) is 7.46. The molecule has 1 rings (SSSR count). The highest BCUT2D eigenvalue weighted by atomic mass is 32.2. The van der Waals surface area contributed by atoms with Gasteiger partial charge in [-0.1, -0.05) is 0 Å². The van der Waals surface area contributed by atoms with Gasteiger partial charge in [0.15, 0.2) is 0 Å². The summed E-state index contributed by atoms with van der Waals surface area (Å²) in [5.41, 5.74) is 0. The van der Waals surface area contributed by atoms with Crippen molar-refractivity contribution < 1.29 is 19.8 Å². The molecular weight excluding hydrogens is 298 g/mol. The van der Waals surface area contributed by atoms with Crippen molar-refractivity contribution in [2.24, 2.45) is 4.58 Å². The van der Waals surface area contributed by atoms with Crippen LogP contribution in [-0.2, 0) is 9.59 Å². The van der Waals surface area contributed by atoms with E-state index in [1.165, 1.54) is 4.90 Å². The van der Waals surface area contributed by atoms with Crippen LogP contribution in [0, 0.1) is 4.91 Å². The fourth-order valence-electron chi connectivity index (χ4n) is 2.19. The van der Waals surface area contributed by atoms with Gasteiger partial charge < -0.3 is 15.1 Å². The Morgan fingerprint density at radius 1 is 1.48 bits per heavy atom. The topological polar surface area (TPSA) is 119 Å². The molecule has 1 amide bonds. The van der Waals surface area contributed by atoms with E-state index < -0.39 is 29.0 Å². The smallest absolute Gasteiger partial charge is 0.326 e. The number of carboxylic acids is 1. The Hall–Kier alpha value is -1.19. The number of aliphatic hydroxyl groups excluding tert-OH is 1. The van der Waals surface area contributed by atoms with Gasteiger partial charge in [-0.3, -0.25) is 10.1 Å². The van der Waals surface area contributed by atoms with Crippen LogP contribution >= 0.6 is 11.9 Å². The van der Waals surface area contributed by atoms with Crippen molar-refractivity contribution in [2.45, 2.75) is 56.7 Å². The van der Waals surface area contributed by atoms with Gasteiger partial charge in [0.1, 0.15) is 12.3 Å². The molecule has 1 aliphatic heterocycles. The average molecular weight is 319 g/mol. The second-order valence-electron chi connectivity index (χ2n) is 5.59. The number of nitrogens with one attached hydrogen (secondary N) is 1. The first-order valence-electron chi connectivity index (χ1n) is 6.69. The Morgan fingerprint density at radius 3 is 2.62 bits per heavy atom. The maximum Gasteiger partial charge on any atom is 0.326 e. The molecule has 0 aliphatic carbocycles. The van der Waals surface area contributed by atoms with Gasteiger partial charge in [-0.05, 0) is 33.6 Å². The number of rotatable bonds is 7. The fraction of sp³-hybridized carbons (Fsp3) is 0.833. The van der Waals surface area contributed by atoms with Crippen LogP contribution in [0.5, 0.6) is 0 Å². The molecule has 1 fully saturated rings. The van der Waals surface area contributed by atoms with Crippen molar-refractivity contribution in [1.29, 1.82) is 0 Å². The van der Waals surface area contributed by atoms with Crippen molar-refractivity contribution in [3.05, 3.63) is 4.91 Å². The number of hydrogen-bond acceptors (Lipinski definition) is 7. The number of carboxylic acid groups (broad SMARTS) is 1. The lowest BCUT2D eigenvalue weighted by Crippen LogP contribution is -2.55. The average Bonchev–Trinajstić information content (AvgIpc) is 2.86. The van der Waals surface area contributed by atoms with Gasteiger partial charge in [-0.15, -0.1) is 4.91 Å². The third-order valence-corrected chi connectivity index (χ3v) is 4.30. The zero-order valence-electron chi connectivity index (χ0n) is 12.3. The molecule has 0 saturated carbocycles. The van der Waals surface area contributed by atoms with Crippen molar-refractivity contribution in [2.75, 3.05) is 6.54 Å². The number of hydrogen-bond donors (Lipinski definition) is 3. The van der Waals surface area contributed by atoms with Crippen LogP contribution in [0.3, 0.4) is 0 Å². The molecule has 0 spiro atoms. The molecule has 1 unspecified atom stereocenters. The molecule has 21 heavy (non-hydrogen) atoms. The Kier molecular flexibility index (Phi) is 6.11. The van der Waals surface area contributed by atoms with E-state index in [4.69, 9.17) is 5.11 Å². The number of carbonyl (C=O) groups excluding carboxylic acids is 1. The lowest BCUT2D eigenvalue weighted by Gasteiger charge is -2.31. The molecule has 9 heteroatoms. The van der Waals surface area contributed by atoms with Crippen LogP contribution in [-0.4, -0.2) is 56.6 Å². The number of aliphatic carboxylic acids is 1. The van der Waals surface area contributed by atoms with E-state index in [9.17, 15) is 19.6 Å². The lowest BCUT2D eigenvalue weighted by molar-refractivity contribution is -0.149. The van der Waals surface area contributed by atoms with Crippen LogP contribution < -0.4 is 5.32 Å². The second-order valence-corrected chi connectivity index (χ2v) is 6.97. The van der Waals surface area contributed by atoms with Crippen molar-refractivity contribution >= 4 is 23.8 Å². The molecule has 3 N–H and O–H groups in total. The van der Waals surface area contributed by atoms with Gasteiger partial charge in [-0.25, -0.2) is 4.79 Å². The lowest BCUT2D eigenvalue weighted by atomic mass is 10.1. The van der Waals surface area contributed by atoms with E-state index in [-0.39, 0.29) is 5.91 Å². The predicted molar refractivity (Wildman–Crippen MR) is 78.4 cm³/mol. The minimum Gasteiger partial charge on any atom is -0.480 e. The van der Waals surface area contributed by atoms with Crippen molar-refractivity contribution in [3.8, 4) is 0 Å². The summed E-state index contributed by atoms with van der Waals surface area (Å²) in [5, 5.41) is 21.8. The Labute approximate surface area is 127 Å². The summed E-state index contributed by atoms with van der Waals surface area (Å²) in [6, 6.07) is -1.57. The maximum atomic E-state index is 12.3.